The van der Waals surface area contributed by atoms with Crippen LogP contribution in [0.4, 0.5) is 0 Å². The molecule has 0 fully saturated rings. The molecule has 1 atom stereocenters. The summed E-state index contributed by atoms with van der Waals surface area (Å²) in [6.07, 6.45) is 68.5. The van der Waals surface area contributed by atoms with Crippen molar-refractivity contribution in [1.82, 2.24) is 0 Å². The number of carbonyl (C=O) groups is 2. The fourth-order valence-electron chi connectivity index (χ4n) is 7.17. The van der Waals surface area contributed by atoms with Gasteiger partial charge in [0.15, 0.2) is 6.10 Å². The summed E-state index contributed by atoms with van der Waals surface area (Å²) < 4.78 is 10.7. The first kappa shape index (κ1) is 57.3. The molecule has 0 bridgehead atoms. The van der Waals surface area contributed by atoms with Crippen LogP contribution in [0.25, 0.3) is 0 Å². The Morgan fingerprint density at radius 3 is 1.10 bits per heavy atom. The van der Waals surface area contributed by atoms with Gasteiger partial charge in [0.05, 0.1) is 6.61 Å². The number of aliphatic hydroxyl groups excluding tert-OH is 1. The number of esters is 2. The Bertz CT molecular complexity index is 1080. The molecule has 5 heteroatoms. The van der Waals surface area contributed by atoms with Gasteiger partial charge in [0.2, 0.25) is 0 Å². The first-order valence-corrected chi connectivity index (χ1v) is 25.5. The molecule has 1 N–H and O–H groups in total. The molecule has 0 spiro atoms. The highest BCUT2D eigenvalue weighted by Gasteiger charge is 2.16. The van der Waals surface area contributed by atoms with E-state index >= 15 is 0 Å². The third-order valence-electron chi connectivity index (χ3n) is 11.0. The molecule has 1 unspecified atom stereocenters. The Morgan fingerprint density at radius 1 is 0.400 bits per heavy atom. The van der Waals surface area contributed by atoms with Gasteiger partial charge >= 0.3 is 11.9 Å². The molecule has 0 aromatic rings. The van der Waals surface area contributed by atoms with E-state index < -0.39 is 6.10 Å². The summed E-state index contributed by atoms with van der Waals surface area (Å²) in [7, 11) is 0. The molecule has 0 aliphatic carbocycles. The smallest absolute Gasteiger partial charge is 0.306 e. The molecule has 0 aromatic heterocycles. The summed E-state index contributed by atoms with van der Waals surface area (Å²) in [6, 6.07) is 0. The van der Waals surface area contributed by atoms with Crippen molar-refractivity contribution in [1.29, 1.82) is 0 Å². The molecule has 0 amide bonds. The van der Waals surface area contributed by atoms with E-state index in [0.29, 0.717) is 12.8 Å². The molecular formula is C55H96O5. The SMILES string of the molecule is CC/C=C\C/C=C\C/C=C\C/C=C\C/C=C\CCCCCCCCCCCCCC(=O)OC(CO)COC(=O)CCCCCCCCCCC/C=C\CCCCCCCC. The van der Waals surface area contributed by atoms with Crippen LogP contribution >= 0.6 is 0 Å². The maximum Gasteiger partial charge on any atom is 0.306 e. The predicted octanol–water partition coefficient (Wildman–Crippen LogP) is 16.9. The van der Waals surface area contributed by atoms with Crippen molar-refractivity contribution in [3.05, 3.63) is 72.9 Å². The maximum atomic E-state index is 12.3. The average Bonchev–Trinajstić information content (AvgIpc) is 3.25. The number of aliphatic hydroxyl groups is 1. The zero-order valence-corrected chi connectivity index (χ0v) is 39.5. The monoisotopic (exact) mass is 837 g/mol. The van der Waals surface area contributed by atoms with Gasteiger partial charge in [0, 0.05) is 12.8 Å². The normalized spacial score (nSPS) is 12.8. The van der Waals surface area contributed by atoms with Crippen molar-refractivity contribution < 1.29 is 24.2 Å². The molecule has 5 nitrogen and oxygen atoms in total. The van der Waals surface area contributed by atoms with Gasteiger partial charge in [-0.1, -0.05) is 222 Å². The molecule has 0 aliphatic heterocycles. The van der Waals surface area contributed by atoms with Crippen LogP contribution in [0.1, 0.15) is 245 Å². The van der Waals surface area contributed by atoms with E-state index in [1.54, 1.807) is 0 Å². The van der Waals surface area contributed by atoms with Gasteiger partial charge in [0.25, 0.3) is 0 Å². The number of hydrogen-bond donors (Lipinski definition) is 1. The van der Waals surface area contributed by atoms with Crippen LogP contribution in [0.5, 0.6) is 0 Å². The first-order chi connectivity index (χ1) is 29.6. The van der Waals surface area contributed by atoms with Gasteiger partial charge in [-0.25, -0.2) is 0 Å². The molecular weight excluding hydrogens is 741 g/mol. The number of hydrogen-bond acceptors (Lipinski definition) is 5. The summed E-state index contributed by atoms with van der Waals surface area (Å²) in [5.41, 5.74) is 0. The number of allylic oxidation sites excluding steroid dienone is 12. The van der Waals surface area contributed by atoms with E-state index in [-0.39, 0.29) is 25.2 Å². The van der Waals surface area contributed by atoms with E-state index in [2.05, 4.69) is 86.8 Å². The fourth-order valence-corrected chi connectivity index (χ4v) is 7.17. The van der Waals surface area contributed by atoms with Crippen molar-refractivity contribution in [3.8, 4) is 0 Å². The highest BCUT2D eigenvalue weighted by Crippen LogP contribution is 2.15. The second kappa shape index (κ2) is 50.7. The van der Waals surface area contributed by atoms with Crippen LogP contribution in [0.2, 0.25) is 0 Å². The van der Waals surface area contributed by atoms with Crippen LogP contribution in [0.15, 0.2) is 72.9 Å². The summed E-state index contributed by atoms with van der Waals surface area (Å²) in [6.45, 7) is 4.03. The lowest BCUT2D eigenvalue weighted by Gasteiger charge is -2.15. The van der Waals surface area contributed by atoms with Gasteiger partial charge in [-0.2, -0.15) is 0 Å². The van der Waals surface area contributed by atoms with Crippen molar-refractivity contribution in [3.63, 3.8) is 0 Å². The van der Waals surface area contributed by atoms with Gasteiger partial charge in [-0.3, -0.25) is 9.59 Å². The summed E-state index contributed by atoms with van der Waals surface area (Å²) in [5, 5.41) is 9.63. The molecule has 0 radical (unpaired) electrons. The Labute approximate surface area is 372 Å². The van der Waals surface area contributed by atoms with Crippen LogP contribution in [-0.2, 0) is 19.1 Å². The lowest BCUT2D eigenvalue weighted by atomic mass is 10.0. The number of ether oxygens (including phenoxy) is 2. The highest BCUT2D eigenvalue weighted by atomic mass is 16.6. The molecule has 346 valence electrons. The molecule has 60 heavy (non-hydrogen) atoms. The van der Waals surface area contributed by atoms with Gasteiger partial charge < -0.3 is 14.6 Å². The Morgan fingerprint density at radius 2 is 0.717 bits per heavy atom. The fraction of sp³-hybridized carbons (Fsp3) is 0.745. The summed E-state index contributed by atoms with van der Waals surface area (Å²) in [4.78, 5) is 24.5. The lowest BCUT2D eigenvalue weighted by molar-refractivity contribution is -0.161. The molecule has 0 aromatic carbocycles. The van der Waals surface area contributed by atoms with Gasteiger partial charge in [-0.05, 0) is 83.5 Å². The van der Waals surface area contributed by atoms with Crippen LogP contribution in [-0.4, -0.2) is 36.4 Å². The first-order valence-electron chi connectivity index (χ1n) is 25.5. The quantitative estimate of drug-likeness (QED) is 0.0376. The Kier molecular flexibility index (Phi) is 48.4. The van der Waals surface area contributed by atoms with E-state index in [9.17, 15) is 14.7 Å². The van der Waals surface area contributed by atoms with Crippen molar-refractivity contribution in [2.24, 2.45) is 0 Å². The zero-order chi connectivity index (χ0) is 43.5. The maximum absolute atomic E-state index is 12.3. The minimum absolute atomic E-state index is 0.0692. The predicted molar refractivity (Wildman–Crippen MR) is 260 cm³/mol. The second-order valence-corrected chi connectivity index (χ2v) is 16.9. The highest BCUT2D eigenvalue weighted by molar-refractivity contribution is 5.70. The summed E-state index contributed by atoms with van der Waals surface area (Å²) >= 11 is 0. The lowest BCUT2D eigenvalue weighted by Crippen LogP contribution is -2.28. The topological polar surface area (TPSA) is 72.8 Å². The zero-order valence-electron chi connectivity index (χ0n) is 39.5. The third-order valence-corrected chi connectivity index (χ3v) is 11.0. The Balaban J connectivity index is 3.52. The molecule has 0 rings (SSSR count). The second-order valence-electron chi connectivity index (χ2n) is 16.9. The molecule has 0 aliphatic rings. The average molecular weight is 837 g/mol. The summed E-state index contributed by atoms with van der Waals surface area (Å²) in [5.74, 6) is -0.593. The van der Waals surface area contributed by atoms with Gasteiger partial charge in [0.1, 0.15) is 6.61 Å². The van der Waals surface area contributed by atoms with Crippen LogP contribution in [0.3, 0.4) is 0 Å². The third kappa shape index (κ3) is 48.0. The van der Waals surface area contributed by atoms with E-state index in [1.807, 2.05) is 0 Å². The van der Waals surface area contributed by atoms with Gasteiger partial charge in [-0.15, -0.1) is 0 Å². The largest absolute Gasteiger partial charge is 0.462 e. The van der Waals surface area contributed by atoms with Crippen molar-refractivity contribution >= 4 is 11.9 Å². The van der Waals surface area contributed by atoms with Crippen LogP contribution in [0, 0.1) is 0 Å². The number of rotatable bonds is 46. The molecule has 0 saturated heterocycles. The molecule has 0 heterocycles. The molecule has 0 saturated carbocycles. The van der Waals surface area contributed by atoms with Crippen LogP contribution < -0.4 is 0 Å². The minimum Gasteiger partial charge on any atom is -0.462 e. The number of unbranched alkanes of at least 4 members (excludes halogenated alkanes) is 26. The van der Waals surface area contributed by atoms with Crippen molar-refractivity contribution in [2.75, 3.05) is 13.2 Å². The standard InChI is InChI=1S/C55H96O5/c1-3-5-7-9-11-13-15-17-19-21-23-24-25-26-27-28-29-30-32-34-36-38-40-42-44-46-48-50-55(58)60-53(51-56)52-59-54(57)49-47-45-43-41-39-37-35-33-31-22-20-18-16-14-12-10-8-6-4-2/h5,7,11,13,17-20,23-24,26-27,53,56H,3-4,6,8-10,12,14-16,21-22,25,28-52H2,1-2H3/b7-5-,13-11-,19-17-,20-18-,24-23-,27-26-. The van der Waals surface area contributed by atoms with E-state index in [4.69, 9.17) is 9.47 Å². The van der Waals surface area contributed by atoms with Crippen molar-refractivity contribution in [2.45, 2.75) is 251 Å². The van der Waals surface area contributed by atoms with E-state index in [1.165, 1.54) is 148 Å². The number of carbonyl (C=O) groups excluding carboxylic acids is 2. The minimum atomic E-state index is -0.777. The Hall–Kier alpha value is -2.66. The van der Waals surface area contributed by atoms with E-state index in [0.717, 1.165) is 70.6 Å².